The molecule has 0 amide bonds. The Morgan fingerprint density at radius 3 is 2.72 bits per heavy atom. The van der Waals surface area contributed by atoms with Crippen LogP contribution in [0.5, 0.6) is 5.75 Å². The monoisotopic (exact) mass is 339 g/mol. The van der Waals surface area contributed by atoms with Gasteiger partial charge in [0, 0.05) is 24.6 Å². The fraction of sp³-hybridized carbons (Fsp3) is 0.381. The largest absolute Gasteiger partial charge is 0.497 e. The molecule has 2 atom stereocenters. The van der Waals surface area contributed by atoms with E-state index in [1.165, 1.54) is 5.56 Å². The second kappa shape index (κ2) is 7.81. The van der Waals surface area contributed by atoms with Gasteiger partial charge >= 0.3 is 0 Å². The Balaban J connectivity index is 1.55. The number of hydrogen-bond acceptors (Lipinski definition) is 4. The van der Waals surface area contributed by atoms with Crippen LogP contribution in [0.15, 0.2) is 42.5 Å². The number of aliphatic hydroxyl groups is 1. The van der Waals surface area contributed by atoms with Crippen LogP contribution in [0.4, 0.5) is 0 Å². The highest BCUT2D eigenvalue weighted by molar-refractivity contribution is 6.00. The smallest absolute Gasteiger partial charge is 0.167 e. The molecule has 3 rings (SSSR count). The molecule has 0 bridgehead atoms. The summed E-state index contributed by atoms with van der Waals surface area (Å²) in [6.07, 6.45) is 1.15. The lowest BCUT2D eigenvalue weighted by Crippen LogP contribution is -2.34. The quantitative estimate of drug-likeness (QED) is 0.849. The second-order valence-electron chi connectivity index (χ2n) is 6.71. The van der Waals surface area contributed by atoms with Gasteiger partial charge in [-0.25, -0.2) is 0 Å². The predicted molar refractivity (Wildman–Crippen MR) is 98.1 cm³/mol. The van der Waals surface area contributed by atoms with Crippen molar-refractivity contribution in [3.8, 4) is 5.75 Å². The zero-order chi connectivity index (χ0) is 17.8. The van der Waals surface area contributed by atoms with E-state index >= 15 is 0 Å². The Kier molecular flexibility index (Phi) is 5.51. The van der Waals surface area contributed by atoms with Gasteiger partial charge in [-0.2, -0.15) is 0 Å². The Morgan fingerprint density at radius 1 is 1.24 bits per heavy atom. The number of Topliss-reactive ketones (excluding diaryl/α,β-unsaturated/α-hetero) is 1. The SMILES string of the molecule is COc1ccc2c(c1)CCC(CNCC(O)c1ccc(C)cc1)C2=O. The van der Waals surface area contributed by atoms with Gasteiger partial charge in [0.25, 0.3) is 0 Å². The van der Waals surface area contributed by atoms with Crippen LogP contribution in [0.1, 0.15) is 39.6 Å². The number of aliphatic hydroxyl groups excluding tert-OH is 1. The standard InChI is InChI=1S/C21H25NO3/c1-14-3-5-15(6-4-14)20(23)13-22-12-17-8-7-16-11-18(25-2)9-10-19(16)21(17)24/h3-6,9-11,17,20,22-23H,7-8,12-13H2,1-2H3. The molecule has 2 unspecified atom stereocenters. The van der Waals surface area contributed by atoms with Gasteiger partial charge in [-0.1, -0.05) is 29.8 Å². The fourth-order valence-corrected chi connectivity index (χ4v) is 3.32. The van der Waals surface area contributed by atoms with Crippen molar-refractivity contribution >= 4 is 5.78 Å². The van der Waals surface area contributed by atoms with Gasteiger partial charge in [0.05, 0.1) is 13.2 Å². The Bertz CT molecular complexity index is 739. The first-order chi connectivity index (χ1) is 12.1. The third-order valence-electron chi connectivity index (χ3n) is 4.90. The predicted octanol–water partition coefficient (Wildman–Crippen LogP) is 3.07. The minimum atomic E-state index is -0.559. The van der Waals surface area contributed by atoms with Gasteiger partial charge in [0.1, 0.15) is 5.75 Å². The molecule has 0 saturated carbocycles. The summed E-state index contributed by atoms with van der Waals surface area (Å²) in [6.45, 7) is 3.06. The topological polar surface area (TPSA) is 58.6 Å². The number of ether oxygens (including phenoxy) is 1. The summed E-state index contributed by atoms with van der Waals surface area (Å²) in [4.78, 5) is 12.7. The van der Waals surface area contributed by atoms with Crippen LogP contribution in [-0.4, -0.2) is 31.1 Å². The van der Waals surface area contributed by atoms with E-state index in [9.17, 15) is 9.90 Å². The molecule has 0 fully saturated rings. The molecular weight excluding hydrogens is 314 g/mol. The molecule has 0 spiro atoms. The lowest BCUT2D eigenvalue weighted by Gasteiger charge is -2.24. The summed E-state index contributed by atoms with van der Waals surface area (Å²) in [5, 5.41) is 13.5. The lowest BCUT2D eigenvalue weighted by molar-refractivity contribution is 0.0894. The van der Waals surface area contributed by atoms with Crippen LogP contribution in [0.3, 0.4) is 0 Å². The first-order valence-corrected chi connectivity index (χ1v) is 8.75. The van der Waals surface area contributed by atoms with Crippen molar-refractivity contribution in [2.45, 2.75) is 25.9 Å². The molecule has 2 N–H and O–H groups in total. The van der Waals surface area contributed by atoms with Gasteiger partial charge in [-0.15, -0.1) is 0 Å². The Hall–Kier alpha value is -2.17. The molecule has 0 heterocycles. The molecule has 132 valence electrons. The van der Waals surface area contributed by atoms with Crippen molar-refractivity contribution < 1.29 is 14.6 Å². The van der Waals surface area contributed by atoms with Crippen LogP contribution in [0.25, 0.3) is 0 Å². The highest BCUT2D eigenvalue weighted by atomic mass is 16.5. The molecule has 0 saturated heterocycles. The second-order valence-corrected chi connectivity index (χ2v) is 6.71. The number of fused-ring (bicyclic) bond motifs is 1. The Labute approximate surface area is 148 Å². The van der Waals surface area contributed by atoms with E-state index in [0.717, 1.165) is 35.3 Å². The highest BCUT2D eigenvalue weighted by Gasteiger charge is 2.27. The number of aryl methyl sites for hydroxylation is 2. The minimum Gasteiger partial charge on any atom is -0.497 e. The van der Waals surface area contributed by atoms with E-state index in [4.69, 9.17) is 4.74 Å². The van der Waals surface area contributed by atoms with Crippen LogP contribution >= 0.6 is 0 Å². The lowest BCUT2D eigenvalue weighted by atomic mass is 9.82. The van der Waals surface area contributed by atoms with Crippen LogP contribution in [0.2, 0.25) is 0 Å². The summed E-state index contributed by atoms with van der Waals surface area (Å²) in [7, 11) is 1.64. The van der Waals surface area contributed by atoms with Crippen molar-refractivity contribution in [1.82, 2.24) is 5.32 Å². The summed E-state index contributed by atoms with van der Waals surface area (Å²) in [5.74, 6) is 0.941. The van der Waals surface area contributed by atoms with E-state index in [2.05, 4.69) is 5.32 Å². The first kappa shape index (κ1) is 17.6. The number of benzene rings is 2. The normalized spacial score (nSPS) is 17.9. The number of hydrogen-bond donors (Lipinski definition) is 2. The van der Waals surface area contributed by atoms with Gasteiger partial charge in [0.15, 0.2) is 5.78 Å². The van der Waals surface area contributed by atoms with Crippen molar-refractivity contribution in [2.24, 2.45) is 5.92 Å². The number of rotatable bonds is 6. The molecule has 0 aliphatic heterocycles. The minimum absolute atomic E-state index is 0.0360. The van der Waals surface area contributed by atoms with E-state index in [1.807, 2.05) is 49.4 Å². The number of carbonyl (C=O) groups is 1. The first-order valence-electron chi connectivity index (χ1n) is 8.75. The maximum Gasteiger partial charge on any atom is 0.167 e. The van der Waals surface area contributed by atoms with Crippen LogP contribution in [-0.2, 0) is 6.42 Å². The Morgan fingerprint density at radius 2 is 2.00 bits per heavy atom. The number of nitrogens with one attached hydrogen (secondary N) is 1. The average molecular weight is 339 g/mol. The fourth-order valence-electron chi connectivity index (χ4n) is 3.32. The molecule has 1 aliphatic rings. The maximum atomic E-state index is 12.7. The molecule has 25 heavy (non-hydrogen) atoms. The number of ketones is 1. The van der Waals surface area contributed by atoms with E-state index in [1.54, 1.807) is 7.11 Å². The summed E-state index contributed by atoms with van der Waals surface area (Å²) < 4.78 is 5.23. The molecule has 4 nitrogen and oxygen atoms in total. The number of methoxy groups -OCH3 is 1. The van der Waals surface area contributed by atoms with Crippen LogP contribution in [0, 0.1) is 12.8 Å². The van der Waals surface area contributed by atoms with Gasteiger partial charge in [-0.3, -0.25) is 4.79 Å². The van der Waals surface area contributed by atoms with Crippen molar-refractivity contribution in [3.05, 3.63) is 64.7 Å². The number of carbonyl (C=O) groups excluding carboxylic acids is 1. The van der Waals surface area contributed by atoms with E-state index < -0.39 is 6.10 Å². The molecule has 0 aromatic heterocycles. The third-order valence-corrected chi connectivity index (χ3v) is 4.90. The zero-order valence-electron chi connectivity index (χ0n) is 14.8. The van der Waals surface area contributed by atoms with Crippen LogP contribution < -0.4 is 10.1 Å². The maximum absolute atomic E-state index is 12.7. The van der Waals surface area contributed by atoms with Gasteiger partial charge < -0.3 is 15.2 Å². The third kappa shape index (κ3) is 4.09. The molecule has 4 heteroatoms. The van der Waals surface area contributed by atoms with E-state index in [0.29, 0.717) is 13.1 Å². The molecular formula is C21H25NO3. The van der Waals surface area contributed by atoms with Gasteiger partial charge in [0.2, 0.25) is 0 Å². The molecule has 2 aromatic carbocycles. The summed E-state index contributed by atoms with van der Waals surface area (Å²) in [5.41, 5.74) is 3.94. The highest BCUT2D eigenvalue weighted by Crippen LogP contribution is 2.28. The van der Waals surface area contributed by atoms with Crippen molar-refractivity contribution in [1.29, 1.82) is 0 Å². The van der Waals surface area contributed by atoms with Crippen molar-refractivity contribution in [3.63, 3.8) is 0 Å². The average Bonchev–Trinajstić information content (AvgIpc) is 2.63. The molecule has 1 aliphatic carbocycles. The van der Waals surface area contributed by atoms with E-state index in [-0.39, 0.29) is 11.7 Å². The summed E-state index contributed by atoms with van der Waals surface area (Å²) in [6, 6.07) is 13.5. The molecule has 2 aromatic rings. The summed E-state index contributed by atoms with van der Waals surface area (Å²) >= 11 is 0. The molecule has 0 radical (unpaired) electrons. The van der Waals surface area contributed by atoms with Gasteiger partial charge in [-0.05, 0) is 49.1 Å². The van der Waals surface area contributed by atoms with Crippen molar-refractivity contribution in [2.75, 3.05) is 20.2 Å². The zero-order valence-corrected chi connectivity index (χ0v) is 14.8.